The summed E-state index contributed by atoms with van der Waals surface area (Å²) in [6.07, 6.45) is 13.9. The van der Waals surface area contributed by atoms with E-state index in [9.17, 15) is 9.59 Å². The van der Waals surface area contributed by atoms with Crippen molar-refractivity contribution in [2.75, 3.05) is 40.5 Å². The van der Waals surface area contributed by atoms with E-state index >= 15 is 0 Å². The summed E-state index contributed by atoms with van der Waals surface area (Å²) < 4.78 is 23.2. The average Bonchev–Trinajstić information content (AvgIpc) is 3.67. The highest BCUT2D eigenvalue weighted by atomic mass is 16.5. The molecule has 0 bridgehead atoms. The van der Waals surface area contributed by atoms with Crippen LogP contribution in [0.1, 0.15) is 84.9 Å². The SMILES string of the molecule is COc1cc2c(cc1OCCCCCCCCOc1cc3c(cc1OC)C(=O)N1CCC[C@H]1C=N3)N=C[C@@H]1CCCN1C2=O. The van der Waals surface area contributed by atoms with Gasteiger partial charge in [-0.05, 0) is 50.7 Å². The summed E-state index contributed by atoms with van der Waals surface area (Å²) in [5.74, 6) is 2.40. The van der Waals surface area contributed by atoms with Gasteiger partial charge in [-0.3, -0.25) is 19.6 Å². The fraction of sp³-hybridized carbons (Fsp3) is 0.529. The first kappa shape index (κ1) is 30.0. The minimum Gasteiger partial charge on any atom is -0.493 e. The largest absolute Gasteiger partial charge is 0.493 e. The van der Waals surface area contributed by atoms with Crippen molar-refractivity contribution in [3.8, 4) is 23.0 Å². The minimum atomic E-state index is 0.0124. The summed E-state index contributed by atoms with van der Waals surface area (Å²) in [6.45, 7) is 2.69. The van der Waals surface area contributed by atoms with Gasteiger partial charge in [-0.15, -0.1) is 0 Å². The fourth-order valence-electron chi connectivity index (χ4n) is 6.52. The van der Waals surface area contributed by atoms with Gasteiger partial charge >= 0.3 is 0 Å². The molecule has 6 rings (SSSR count). The van der Waals surface area contributed by atoms with Gasteiger partial charge in [0.05, 0.1) is 62.0 Å². The molecule has 0 spiro atoms. The number of carbonyl (C=O) groups is 2. The Balaban J connectivity index is 0.915. The molecule has 44 heavy (non-hydrogen) atoms. The Morgan fingerprint density at radius 3 is 1.50 bits per heavy atom. The Labute approximate surface area is 259 Å². The molecular weight excluding hydrogens is 560 g/mol. The molecule has 10 heteroatoms. The fourth-order valence-corrected chi connectivity index (χ4v) is 6.52. The van der Waals surface area contributed by atoms with Crippen LogP contribution in [0.4, 0.5) is 11.4 Å². The van der Waals surface area contributed by atoms with Gasteiger partial charge in [0.25, 0.3) is 11.8 Å². The molecule has 2 fully saturated rings. The number of ether oxygens (including phenoxy) is 4. The van der Waals surface area contributed by atoms with E-state index in [0.717, 1.165) is 77.3 Å². The van der Waals surface area contributed by atoms with Crippen LogP contribution < -0.4 is 18.9 Å². The molecule has 2 aromatic carbocycles. The Hall–Kier alpha value is -4.08. The van der Waals surface area contributed by atoms with Crippen LogP contribution in [0.25, 0.3) is 0 Å². The van der Waals surface area contributed by atoms with Crippen molar-refractivity contribution in [3.63, 3.8) is 0 Å². The van der Waals surface area contributed by atoms with Crippen LogP contribution in [-0.2, 0) is 0 Å². The van der Waals surface area contributed by atoms with Gasteiger partial charge in [-0.2, -0.15) is 0 Å². The molecule has 4 aliphatic rings. The van der Waals surface area contributed by atoms with E-state index in [4.69, 9.17) is 18.9 Å². The highest BCUT2D eigenvalue weighted by Gasteiger charge is 2.34. The molecule has 2 saturated heterocycles. The number of nitrogens with zero attached hydrogens (tertiary/aromatic N) is 4. The van der Waals surface area contributed by atoms with Gasteiger partial charge in [0, 0.05) is 37.7 Å². The highest BCUT2D eigenvalue weighted by Crippen LogP contribution is 2.39. The van der Waals surface area contributed by atoms with Crippen molar-refractivity contribution >= 4 is 35.6 Å². The van der Waals surface area contributed by atoms with Crippen molar-refractivity contribution in [2.45, 2.75) is 76.3 Å². The van der Waals surface area contributed by atoms with E-state index in [2.05, 4.69) is 9.98 Å². The van der Waals surface area contributed by atoms with E-state index in [1.165, 1.54) is 0 Å². The van der Waals surface area contributed by atoms with Crippen molar-refractivity contribution in [1.29, 1.82) is 0 Å². The van der Waals surface area contributed by atoms with Crippen LogP contribution in [0.3, 0.4) is 0 Å². The number of aliphatic imine (C=N–C) groups is 2. The molecule has 0 aromatic heterocycles. The van der Waals surface area contributed by atoms with E-state index in [1.807, 2.05) is 34.4 Å². The zero-order chi connectivity index (χ0) is 30.5. The maximum absolute atomic E-state index is 13.0. The minimum absolute atomic E-state index is 0.0124. The lowest BCUT2D eigenvalue weighted by Crippen LogP contribution is -2.35. The molecule has 4 aliphatic heterocycles. The van der Waals surface area contributed by atoms with Crippen LogP contribution in [0, 0.1) is 0 Å². The predicted molar refractivity (Wildman–Crippen MR) is 169 cm³/mol. The lowest BCUT2D eigenvalue weighted by molar-refractivity contribution is 0.0766. The second-order valence-electron chi connectivity index (χ2n) is 11.8. The molecule has 0 aliphatic carbocycles. The first-order chi connectivity index (χ1) is 21.6. The molecule has 0 unspecified atom stereocenters. The molecule has 0 radical (unpaired) electrons. The summed E-state index contributed by atoms with van der Waals surface area (Å²) in [5.41, 5.74) is 2.44. The lowest BCUT2D eigenvalue weighted by Gasteiger charge is -2.20. The van der Waals surface area contributed by atoms with Crippen molar-refractivity contribution in [1.82, 2.24) is 9.80 Å². The van der Waals surface area contributed by atoms with E-state index < -0.39 is 0 Å². The highest BCUT2D eigenvalue weighted by molar-refractivity contribution is 6.04. The number of benzene rings is 2. The summed E-state index contributed by atoms with van der Waals surface area (Å²) in [4.78, 5) is 39.1. The normalized spacial score (nSPS) is 20.0. The quantitative estimate of drug-likeness (QED) is 0.255. The predicted octanol–water partition coefficient (Wildman–Crippen LogP) is 6.14. The van der Waals surface area contributed by atoms with Crippen LogP contribution >= 0.6 is 0 Å². The monoisotopic (exact) mass is 602 g/mol. The third kappa shape index (κ3) is 6.25. The summed E-state index contributed by atoms with van der Waals surface area (Å²) in [5, 5.41) is 0. The van der Waals surface area contributed by atoms with Crippen LogP contribution in [-0.4, -0.2) is 86.6 Å². The van der Waals surface area contributed by atoms with Gasteiger partial charge < -0.3 is 28.7 Å². The van der Waals surface area contributed by atoms with Crippen molar-refractivity contribution < 1.29 is 28.5 Å². The van der Waals surface area contributed by atoms with Crippen molar-refractivity contribution in [3.05, 3.63) is 35.4 Å². The Morgan fingerprint density at radius 1 is 0.636 bits per heavy atom. The lowest BCUT2D eigenvalue weighted by atomic mass is 10.1. The molecule has 2 aromatic rings. The first-order valence-corrected chi connectivity index (χ1v) is 16.0. The maximum atomic E-state index is 13.0. The number of amides is 2. The van der Waals surface area contributed by atoms with E-state index in [1.54, 1.807) is 26.4 Å². The number of rotatable bonds is 13. The summed E-state index contributed by atoms with van der Waals surface area (Å²) in [6, 6.07) is 7.35. The number of unbranched alkanes of at least 4 members (excludes halogenated alkanes) is 5. The molecule has 2 atom stereocenters. The summed E-state index contributed by atoms with van der Waals surface area (Å²) in [7, 11) is 3.20. The topological polar surface area (TPSA) is 102 Å². The maximum Gasteiger partial charge on any atom is 0.256 e. The van der Waals surface area contributed by atoms with E-state index in [-0.39, 0.29) is 23.9 Å². The molecule has 10 nitrogen and oxygen atoms in total. The number of hydrogen-bond acceptors (Lipinski definition) is 8. The molecule has 4 heterocycles. The molecule has 2 amide bonds. The number of methoxy groups -OCH3 is 2. The third-order valence-corrected chi connectivity index (χ3v) is 8.97. The van der Waals surface area contributed by atoms with Gasteiger partial charge in [-0.1, -0.05) is 25.7 Å². The van der Waals surface area contributed by atoms with Crippen LogP contribution in [0.5, 0.6) is 23.0 Å². The average molecular weight is 603 g/mol. The van der Waals surface area contributed by atoms with Gasteiger partial charge in [-0.25, -0.2) is 0 Å². The van der Waals surface area contributed by atoms with Crippen LogP contribution in [0.2, 0.25) is 0 Å². The van der Waals surface area contributed by atoms with E-state index in [0.29, 0.717) is 58.7 Å². The second-order valence-corrected chi connectivity index (χ2v) is 11.8. The summed E-state index contributed by atoms with van der Waals surface area (Å²) >= 11 is 0. The van der Waals surface area contributed by atoms with Gasteiger partial charge in [0.15, 0.2) is 23.0 Å². The zero-order valence-electron chi connectivity index (χ0n) is 25.8. The Kier molecular flexibility index (Phi) is 9.33. The second kappa shape index (κ2) is 13.7. The third-order valence-electron chi connectivity index (χ3n) is 8.97. The molecule has 0 N–H and O–H groups in total. The standard InChI is InChI=1S/C34H42N4O6/c1-41-29-17-25-27(35-21-23-11-9-13-37(23)33(25)39)19-31(29)43-15-7-5-3-4-6-8-16-44-32-20-28-26(18-30(32)42-2)34(40)38-14-10-12-24(38)22-36-28/h17-24H,3-16H2,1-2H3/t23-,24-/m0/s1. The van der Waals surface area contributed by atoms with Gasteiger partial charge in [0.2, 0.25) is 0 Å². The Morgan fingerprint density at radius 2 is 1.07 bits per heavy atom. The number of fused-ring (bicyclic) bond motifs is 4. The number of hydrogen-bond donors (Lipinski definition) is 0. The molecular formula is C34H42N4O6. The molecule has 234 valence electrons. The smallest absolute Gasteiger partial charge is 0.256 e. The molecule has 0 saturated carbocycles. The van der Waals surface area contributed by atoms with Gasteiger partial charge in [0.1, 0.15) is 0 Å². The Bertz CT molecular complexity index is 1330. The first-order valence-electron chi connectivity index (χ1n) is 16.0. The zero-order valence-corrected chi connectivity index (χ0v) is 25.8. The van der Waals surface area contributed by atoms with Crippen LogP contribution in [0.15, 0.2) is 34.3 Å². The van der Waals surface area contributed by atoms with Crippen molar-refractivity contribution in [2.24, 2.45) is 9.98 Å². The number of carbonyl (C=O) groups excluding carboxylic acids is 2.